The molecule has 0 radical (unpaired) electrons. The van der Waals surface area contributed by atoms with Gasteiger partial charge in [0.05, 0.1) is 29.5 Å². The van der Waals surface area contributed by atoms with Crippen molar-refractivity contribution in [3.05, 3.63) is 83.1 Å². The number of para-hydroxylation sites is 2. The van der Waals surface area contributed by atoms with E-state index in [1.54, 1.807) is 16.2 Å². The normalized spacial score (nSPS) is 20.3. The summed E-state index contributed by atoms with van der Waals surface area (Å²) < 4.78 is 0. The zero-order valence-electron chi connectivity index (χ0n) is 20.3. The van der Waals surface area contributed by atoms with Crippen LogP contribution in [0.5, 0.6) is 0 Å². The molecule has 1 unspecified atom stereocenters. The monoisotopic (exact) mass is 488 g/mol. The first-order valence-corrected chi connectivity index (χ1v) is 13.2. The Balaban J connectivity index is 1.37. The zero-order chi connectivity index (χ0) is 24.4. The van der Waals surface area contributed by atoms with E-state index in [0.29, 0.717) is 13.1 Å². The molecule has 1 aromatic heterocycles. The number of likely N-dealkylation sites (tertiary alicyclic amines) is 1. The smallest absolute Gasteiger partial charge is 0.321 e. The highest BCUT2D eigenvalue weighted by atomic mass is 32.1. The highest BCUT2D eigenvalue weighted by molar-refractivity contribution is 7.08. The Morgan fingerprint density at radius 1 is 0.886 bits per heavy atom. The predicted molar refractivity (Wildman–Crippen MR) is 141 cm³/mol. The number of nitrogens with zero attached hydrogens (tertiary/aromatic N) is 4. The lowest BCUT2D eigenvalue weighted by molar-refractivity contribution is 0.0208. The number of amides is 4. The zero-order valence-corrected chi connectivity index (χ0v) is 21.1. The van der Waals surface area contributed by atoms with Gasteiger partial charge in [-0.15, -0.1) is 0 Å². The first kappa shape index (κ1) is 23.4. The molecule has 2 aliphatic rings. The fraction of sp³-hybridized carbons (Fsp3) is 0.357. The van der Waals surface area contributed by atoms with E-state index in [1.807, 2.05) is 77.5 Å². The number of fused-ring (bicyclic) bond motifs is 2. The van der Waals surface area contributed by atoms with Crippen LogP contribution in [-0.4, -0.2) is 59.0 Å². The summed E-state index contributed by atoms with van der Waals surface area (Å²) in [6.07, 6.45) is 2.93. The Kier molecular flexibility index (Phi) is 6.77. The van der Waals surface area contributed by atoms with Gasteiger partial charge in [0.1, 0.15) is 0 Å². The molecule has 4 amide bonds. The minimum atomic E-state index is -0.0357. The molecule has 0 saturated carbocycles. The molecule has 5 rings (SSSR count). The number of anilines is 2. The minimum absolute atomic E-state index is 0.0146. The van der Waals surface area contributed by atoms with Crippen LogP contribution in [0.4, 0.5) is 21.0 Å². The van der Waals surface area contributed by atoms with E-state index >= 15 is 0 Å². The Labute approximate surface area is 211 Å². The van der Waals surface area contributed by atoms with E-state index < -0.39 is 0 Å². The van der Waals surface area contributed by atoms with Gasteiger partial charge in [-0.25, -0.2) is 9.59 Å². The number of benzene rings is 2. The van der Waals surface area contributed by atoms with Crippen LogP contribution in [0.1, 0.15) is 37.8 Å². The van der Waals surface area contributed by atoms with Crippen LogP contribution in [0.2, 0.25) is 0 Å². The van der Waals surface area contributed by atoms with Crippen molar-refractivity contribution < 1.29 is 9.59 Å². The fourth-order valence-electron chi connectivity index (χ4n) is 5.33. The molecular weight excluding hydrogens is 456 g/mol. The molecular formula is C28H32N4O2S. The average molecular weight is 489 g/mol. The molecule has 2 bridgehead atoms. The molecule has 2 fully saturated rings. The van der Waals surface area contributed by atoms with Gasteiger partial charge in [-0.3, -0.25) is 4.90 Å². The maximum atomic E-state index is 13.9. The van der Waals surface area contributed by atoms with Crippen molar-refractivity contribution in [3.63, 3.8) is 0 Å². The number of piperazine rings is 1. The number of carbonyl (C=O) groups is 2. The summed E-state index contributed by atoms with van der Waals surface area (Å²) in [7, 11) is 1.89. The third kappa shape index (κ3) is 4.65. The third-order valence-electron chi connectivity index (χ3n) is 7.34. The predicted octanol–water partition coefficient (Wildman–Crippen LogP) is 6.36. The first-order chi connectivity index (χ1) is 17.0. The lowest BCUT2D eigenvalue weighted by Gasteiger charge is -2.51. The van der Waals surface area contributed by atoms with E-state index in [2.05, 4.69) is 28.7 Å². The topological polar surface area (TPSA) is 47.1 Å². The van der Waals surface area contributed by atoms with Gasteiger partial charge in [0, 0.05) is 20.1 Å². The maximum absolute atomic E-state index is 13.9. The van der Waals surface area contributed by atoms with Crippen molar-refractivity contribution in [1.82, 2.24) is 14.7 Å². The van der Waals surface area contributed by atoms with Crippen LogP contribution < -0.4 is 4.90 Å². The lowest BCUT2D eigenvalue weighted by atomic mass is 9.91. The Morgan fingerprint density at radius 2 is 1.46 bits per heavy atom. The van der Waals surface area contributed by atoms with Gasteiger partial charge in [0.15, 0.2) is 0 Å². The molecule has 2 aliphatic heterocycles. The molecule has 6 nitrogen and oxygen atoms in total. The summed E-state index contributed by atoms with van der Waals surface area (Å²) in [6.45, 7) is 3.18. The van der Waals surface area contributed by atoms with E-state index in [1.165, 1.54) is 0 Å². The van der Waals surface area contributed by atoms with Gasteiger partial charge >= 0.3 is 12.1 Å². The van der Waals surface area contributed by atoms with E-state index in [0.717, 1.165) is 36.2 Å². The minimum Gasteiger partial charge on any atom is -0.321 e. The third-order valence-corrected chi connectivity index (χ3v) is 8.04. The van der Waals surface area contributed by atoms with Crippen LogP contribution in [0, 0.1) is 0 Å². The number of urea groups is 2. The Bertz CT molecular complexity index is 1080. The standard InChI is InChI=1S/C28H32N4O2S/c1-21(22-16-17-35-20-22)29(2)27(33)32-25-14-9-15-26(32)19-30(18-25)28(34)31(23-10-5-3-6-11-23)24-12-7-4-8-13-24/h3-8,10-13,16-17,20-21,25-26H,9,14-15,18-19H2,1-2H3/t21?,25-,26+. The highest BCUT2D eigenvalue weighted by Crippen LogP contribution is 2.34. The molecule has 35 heavy (non-hydrogen) atoms. The van der Waals surface area contributed by atoms with Crippen molar-refractivity contribution in [2.24, 2.45) is 0 Å². The van der Waals surface area contributed by atoms with Crippen LogP contribution >= 0.6 is 11.3 Å². The van der Waals surface area contributed by atoms with Gasteiger partial charge in [0.2, 0.25) is 0 Å². The van der Waals surface area contributed by atoms with Gasteiger partial charge < -0.3 is 14.7 Å². The van der Waals surface area contributed by atoms with E-state index in [-0.39, 0.29) is 30.2 Å². The molecule has 7 heteroatoms. The second-order valence-electron chi connectivity index (χ2n) is 9.47. The van der Waals surface area contributed by atoms with E-state index in [4.69, 9.17) is 0 Å². The number of piperidine rings is 1. The Morgan fingerprint density at radius 3 is 1.97 bits per heavy atom. The van der Waals surface area contributed by atoms with Crippen LogP contribution in [0.25, 0.3) is 0 Å². The van der Waals surface area contributed by atoms with E-state index in [9.17, 15) is 9.59 Å². The summed E-state index contributed by atoms with van der Waals surface area (Å²) in [5.41, 5.74) is 2.85. The summed E-state index contributed by atoms with van der Waals surface area (Å²) in [4.78, 5) is 35.2. The van der Waals surface area contributed by atoms with Crippen molar-refractivity contribution in [1.29, 1.82) is 0 Å². The Hall–Kier alpha value is -3.32. The second kappa shape index (κ2) is 10.1. The molecule has 3 atom stereocenters. The van der Waals surface area contributed by atoms with Crippen molar-refractivity contribution >= 4 is 34.8 Å². The maximum Gasteiger partial charge on any atom is 0.329 e. The van der Waals surface area contributed by atoms with Gasteiger partial charge in [-0.05, 0) is 72.8 Å². The SMILES string of the molecule is CC(c1ccsc1)N(C)C(=O)N1[C@@H]2CCC[C@H]1CN(C(=O)N(c1ccccc1)c1ccccc1)C2. The molecule has 0 N–H and O–H groups in total. The van der Waals surface area contributed by atoms with Gasteiger partial charge in [-0.2, -0.15) is 11.3 Å². The van der Waals surface area contributed by atoms with Gasteiger partial charge in [0.25, 0.3) is 0 Å². The quantitative estimate of drug-likeness (QED) is 0.429. The van der Waals surface area contributed by atoms with Gasteiger partial charge in [-0.1, -0.05) is 36.4 Å². The molecule has 182 valence electrons. The van der Waals surface area contributed by atoms with Crippen molar-refractivity contribution in [2.75, 3.05) is 25.0 Å². The molecule has 2 saturated heterocycles. The highest BCUT2D eigenvalue weighted by Gasteiger charge is 2.44. The number of rotatable bonds is 4. The molecule has 3 aromatic rings. The largest absolute Gasteiger partial charge is 0.329 e. The number of carbonyl (C=O) groups excluding carboxylic acids is 2. The molecule has 0 spiro atoms. The molecule has 3 heterocycles. The fourth-order valence-corrected chi connectivity index (χ4v) is 6.07. The summed E-state index contributed by atoms with van der Waals surface area (Å²) in [6, 6.07) is 21.8. The van der Waals surface area contributed by atoms with Crippen molar-refractivity contribution in [3.8, 4) is 0 Å². The second-order valence-corrected chi connectivity index (χ2v) is 10.2. The first-order valence-electron chi connectivity index (χ1n) is 12.3. The van der Waals surface area contributed by atoms with Crippen LogP contribution in [0.3, 0.4) is 0 Å². The van der Waals surface area contributed by atoms with Crippen molar-refractivity contribution in [2.45, 2.75) is 44.3 Å². The number of hydrogen-bond donors (Lipinski definition) is 0. The summed E-state index contributed by atoms with van der Waals surface area (Å²) in [5, 5.41) is 4.15. The molecule has 2 aromatic carbocycles. The summed E-state index contributed by atoms with van der Waals surface area (Å²) >= 11 is 1.65. The number of thiophene rings is 1. The lowest BCUT2D eigenvalue weighted by Crippen LogP contribution is -2.66. The van der Waals surface area contributed by atoms with Crippen LogP contribution in [0.15, 0.2) is 77.5 Å². The van der Waals surface area contributed by atoms with Crippen LogP contribution in [-0.2, 0) is 0 Å². The number of hydrogen-bond acceptors (Lipinski definition) is 3. The molecule has 0 aliphatic carbocycles. The summed E-state index contributed by atoms with van der Waals surface area (Å²) in [5.74, 6) is 0. The average Bonchev–Trinajstić information content (AvgIpc) is 3.43.